The maximum atomic E-state index is 7.88. The molecule has 2 nitrogen and oxygen atoms in total. The fourth-order valence-electron chi connectivity index (χ4n) is 2.27. The van der Waals surface area contributed by atoms with Crippen molar-refractivity contribution < 1.29 is 12.8 Å². The summed E-state index contributed by atoms with van der Waals surface area (Å²) in [4.78, 5) is 4.49. The molecule has 1 aromatic carbocycles. The summed E-state index contributed by atoms with van der Waals surface area (Å²) in [6.07, 6.45) is 1.81. The van der Waals surface area contributed by atoms with Crippen molar-refractivity contribution >= 4 is 0 Å². The maximum Gasteiger partial charge on any atom is 0.330 e. The third kappa shape index (κ3) is 2.74. The van der Waals surface area contributed by atoms with E-state index < -0.39 is 13.7 Å². The normalized spacial score (nSPS) is 17.4. The first-order valence-corrected chi connectivity index (χ1v) is 6.65. The molecule has 0 spiro atoms. The van der Waals surface area contributed by atoms with E-state index in [0.717, 1.165) is 5.56 Å². The van der Waals surface area contributed by atoms with Gasteiger partial charge >= 0.3 is 5.82 Å². The number of benzene rings is 1. The van der Waals surface area contributed by atoms with E-state index >= 15 is 0 Å². The third-order valence-corrected chi connectivity index (χ3v) is 3.40. The molecule has 0 unspecified atom stereocenters. The van der Waals surface area contributed by atoms with E-state index in [1.807, 2.05) is 27.8 Å². The van der Waals surface area contributed by atoms with Gasteiger partial charge in [-0.25, -0.2) is 4.57 Å². The second-order valence-electron chi connectivity index (χ2n) is 6.22. The van der Waals surface area contributed by atoms with Gasteiger partial charge < -0.3 is 0 Å². The molecular weight excluding hydrogens is 244 g/mol. The number of aryl methyl sites for hydroxylation is 4. The summed E-state index contributed by atoms with van der Waals surface area (Å²) < 4.78 is 48.1. The summed E-state index contributed by atoms with van der Waals surface area (Å²) >= 11 is 0. The Kier molecular flexibility index (Phi) is 2.14. The number of nitrogens with zero attached hydrogens (tertiary/aromatic N) is 2. The van der Waals surface area contributed by atoms with E-state index in [4.69, 9.17) is 8.22 Å². The van der Waals surface area contributed by atoms with Crippen LogP contribution in [0.2, 0.25) is 0 Å². The quantitative estimate of drug-likeness (QED) is 0.723. The minimum Gasteiger partial charge on any atom is -0.233 e. The van der Waals surface area contributed by atoms with Crippen LogP contribution in [0.4, 0.5) is 0 Å². The Morgan fingerprint density at radius 3 is 2.50 bits per heavy atom. The Bertz CT molecular complexity index is 829. The lowest BCUT2D eigenvalue weighted by Crippen LogP contribution is -2.35. The van der Waals surface area contributed by atoms with Gasteiger partial charge in [0.1, 0.15) is 0 Å². The highest BCUT2D eigenvalue weighted by molar-refractivity contribution is 5.58. The predicted octanol–water partition coefficient (Wildman–Crippen LogP) is 3.80. The van der Waals surface area contributed by atoms with E-state index in [0.29, 0.717) is 17.0 Å². The molecule has 2 heteroatoms. The van der Waals surface area contributed by atoms with E-state index in [9.17, 15) is 0 Å². The van der Waals surface area contributed by atoms with Gasteiger partial charge in [-0.2, -0.15) is 0 Å². The van der Waals surface area contributed by atoms with Crippen LogP contribution >= 0.6 is 0 Å². The average molecular weight is 275 g/mol. The Hall–Kier alpha value is -1.70. The fourth-order valence-corrected chi connectivity index (χ4v) is 2.27. The van der Waals surface area contributed by atoms with Crippen molar-refractivity contribution in [3.05, 3.63) is 46.8 Å². The molecule has 0 fully saturated rings. The van der Waals surface area contributed by atoms with Crippen LogP contribution in [0.25, 0.3) is 11.4 Å². The van der Waals surface area contributed by atoms with Gasteiger partial charge in [-0.05, 0) is 35.8 Å². The van der Waals surface area contributed by atoms with Crippen LogP contribution in [0.15, 0.2) is 24.4 Å². The van der Waals surface area contributed by atoms with E-state index in [-0.39, 0.29) is 16.7 Å². The summed E-state index contributed by atoms with van der Waals surface area (Å²) in [5, 5.41) is 0. The molecule has 0 bridgehead atoms. The first-order valence-electron chi connectivity index (χ1n) is 9.65. The van der Waals surface area contributed by atoms with Crippen molar-refractivity contribution in [1.29, 1.82) is 0 Å². The molecule has 1 heterocycles. The molecule has 1 aromatic heterocycles. The molecule has 0 saturated carbocycles. The molecule has 0 radical (unpaired) electrons. The highest BCUT2D eigenvalue weighted by Gasteiger charge is 2.25. The highest BCUT2D eigenvalue weighted by Crippen LogP contribution is 2.26. The molecule has 20 heavy (non-hydrogen) atoms. The van der Waals surface area contributed by atoms with Gasteiger partial charge in [0.05, 0.1) is 18.8 Å². The Morgan fingerprint density at radius 2 is 1.95 bits per heavy atom. The highest BCUT2D eigenvalue weighted by atomic mass is 15.0. The summed E-state index contributed by atoms with van der Waals surface area (Å²) in [6, 6.07) is 4.85. The second-order valence-corrected chi connectivity index (χ2v) is 6.22. The lowest BCUT2D eigenvalue weighted by molar-refractivity contribution is -0.663. The minimum absolute atomic E-state index is 0.0809. The molecule has 106 valence electrons. The lowest BCUT2D eigenvalue weighted by Gasteiger charge is -2.19. The van der Waals surface area contributed by atoms with Gasteiger partial charge in [-0.3, -0.25) is 0 Å². The zero-order chi connectivity index (χ0) is 20.1. The molecule has 0 aliphatic heterocycles. The maximum absolute atomic E-state index is 7.88. The number of aromatic nitrogens is 2. The monoisotopic (exact) mass is 275 g/mol. The van der Waals surface area contributed by atoms with E-state index in [1.54, 1.807) is 35.9 Å². The smallest absolute Gasteiger partial charge is 0.233 e. The van der Waals surface area contributed by atoms with Crippen LogP contribution in [-0.2, 0) is 12.5 Å². The molecule has 0 atom stereocenters. The molecule has 0 aliphatic rings. The van der Waals surface area contributed by atoms with Crippen LogP contribution in [0.5, 0.6) is 0 Å². The van der Waals surface area contributed by atoms with Crippen LogP contribution in [0.3, 0.4) is 0 Å². The largest absolute Gasteiger partial charge is 0.330 e. The van der Waals surface area contributed by atoms with Gasteiger partial charge in [0, 0.05) is 20.6 Å². The minimum atomic E-state index is -2.34. The standard InChI is InChI=1S/C18H25N2/c1-12-8-9-15(13(2)10-12)17-19-14(3)16(11-20(17)7)18(4,5)6/h8-11H,1-7H3/q+1/i1D3,3D3. The molecule has 0 N–H and O–H groups in total. The average Bonchev–Trinajstić information content (AvgIpc) is 2.44. The number of hydrogen-bond donors (Lipinski definition) is 0. The van der Waals surface area contributed by atoms with Gasteiger partial charge in [-0.1, -0.05) is 38.5 Å². The van der Waals surface area contributed by atoms with Crippen molar-refractivity contribution in [1.82, 2.24) is 4.98 Å². The molecular formula is C18H25N2+. The van der Waals surface area contributed by atoms with Crippen LogP contribution in [0, 0.1) is 20.6 Å². The summed E-state index contributed by atoms with van der Waals surface area (Å²) in [5.41, 5.74) is 2.09. The second kappa shape index (κ2) is 5.01. The van der Waals surface area contributed by atoms with Crippen LogP contribution < -0.4 is 4.57 Å². The van der Waals surface area contributed by atoms with Crippen molar-refractivity contribution in [3.63, 3.8) is 0 Å². The van der Waals surface area contributed by atoms with Gasteiger partial charge in [0.15, 0.2) is 5.69 Å². The topological polar surface area (TPSA) is 16.8 Å². The summed E-state index contributed by atoms with van der Waals surface area (Å²) in [7, 11) is 1.82. The summed E-state index contributed by atoms with van der Waals surface area (Å²) in [6.45, 7) is 3.15. The molecule has 2 aromatic rings. The van der Waals surface area contributed by atoms with Crippen LogP contribution in [-0.4, -0.2) is 4.98 Å². The van der Waals surface area contributed by atoms with E-state index in [2.05, 4.69) is 4.98 Å². The third-order valence-electron chi connectivity index (χ3n) is 3.40. The van der Waals surface area contributed by atoms with Crippen molar-refractivity contribution in [2.75, 3.05) is 0 Å². The first kappa shape index (κ1) is 8.56. The predicted molar refractivity (Wildman–Crippen MR) is 83.8 cm³/mol. The van der Waals surface area contributed by atoms with E-state index in [1.165, 1.54) is 0 Å². The number of rotatable bonds is 1. The molecule has 0 amide bonds. The SMILES string of the molecule is [2H]C([2H])([2H])c1ccc(-c2nc(C([2H])([2H])[2H])c(C(C)(C)C)c[n+]2C)c(C)c1. The van der Waals surface area contributed by atoms with Gasteiger partial charge in [0.2, 0.25) is 0 Å². The Balaban J connectivity index is 2.72. The summed E-state index contributed by atoms with van der Waals surface area (Å²) in [5.74, 6) is 0.499. The first-order chi connectivity index (χ1) is 11.6. The fraction of sp³-hybridized carbons (Fsp3) is 0.444. The lowest BCUT2D eigenvalue weighted by atomic mass is 9.87. The van der Waals surface area contributed by atoms with Gasteiger partial charge in [-0.15, -0.1) is 0 Å². The van der Waals surface area contributed by atoms with Crippen molar-refractivity contribution in [2.24, 2.45) is 7.05 Å². The van der Waals surface area contributed by atoms with Crippen molar-refractivity contribution in [3.8, 4) is 11.4 Å². The number of hydrogen-bond acceptors (Lipinski definition) is 1. The zero-order valence-corrected chi connectivity index (χ0v) is 12.7. The molecule has 2 rings (SSSR count). The van der Waals surface area contributed by atoms with Crippen LogP contribution in [0.1, 0.15) is 51.4 Å². The van der Waals surface area contributed by atoms with Gasteiger partial charge in [0.25, 0.3) is 0 Å². The van der Waals surface area contributed by atoms with Crippen molar-refractivity contribution in [2.45, 2.75) is 46.8 Å². The molecule has 0 saturated heterocycles. The zero-order valence-electron chi connectivity index (χ0n) is 18.7. The Morgan fingerprint density at radius 1 is 1.20 bits per heavy atom. The Labute approximate surface area is 130 Å². The molecule has 0 aliphatic carbocycles.